The van der Waals surface area contributed by atoms with Crippen LogP contribution < -0.4 is 14.8 Å². The molecule has 0 aromatic heterocycles. The third-order valence-electron chi connectivity index (χ3n) is 5.38. The van der Waals surface area contributed by atoms with E-state index in [4.69, 9.17) is 9.47 Å². The van der Waals surface area contributed by atoms with Gasteiger partial charge in [0.1, 0.15) is 17.1 Å². The molecule has 1 aliphatic rings. The molecular weight excluding hydrogens is 338 g/mol. The number of amides is 1. The fourth-order valence-electron chi connectivity index (χ4n) is 3.64. The van der Waals surface area contributed by atoms with Gasteiger partial charge in [0.25, 0.3) is 0 Å². The maximum Gasteiger partial charge on any atom is 0.220 e. The fourth-order valence-corrected chi connectivity index (χ4v) is 3.64. The Morgan fingerprint density at radius 1 is 1.11 bits per heavy atom. The first-order valence-corrected chi connectivity index (χ1v) is 9.91. The summed E-state index contributed by atoms with van der Waals surface area (Å²) in [6.07, 6.45) is 3.81. The van der Waals surface area contributed by atoms with Crippen molar-refractivity contribution in [3.8, 4) is 11.5 Å². The number of hydrogen-bond acceptors (Lipinski definition) is 3. The summed E-state index contributed by atoms with van der Waals surface area (Å²) in [6.45, 7) is 4.84. The zero-order valence-corrected chi connectivity index (χ0v) is 16.2. The van der Waals surface area contributed by atoms with Crippen molar-refractivity contribution in [3.05, 3.63) is 60.2 Å². The van der Waals surface area contributed by atoms with Crippen LogP contribution in [0, 0.1) is 0 Å². The highest BCUT2D eigenvalue weighted by Gasteiger charge is 2.38. The number of benzene rings is 2. The second-order valence-electron chi connectivity index (χ2n) is 7.12. The van der Waals surface area contributed by atoms with Gasteiger partial charge in [-0.15, -0.1) is 0 Å². The van der Waals surface area contributed by atoms with Crippen LogP contribution in [0.2, 0.25) is 0 Å². The Hall–Kier alpha value is -2.49. The molecule has 1 amide bonds. The van der Waals surface area contributed by atoms with E-state index in [1.54, 1.807) is 0 Å². The van der Waals surface area contributed by atoms with Crippen LogP contribution in [0.3, 0.4) is 0 Å². The number of carbonyl (C=O) groups excluding carboxylic acids is 1. The number of rotatable bonds is 8. The van der Waals surface area contributed by atoms with Crippen molar-refractivity contribution in [2.75, 3.05) is 6.61 Å². The minimum Gasteiger partial charge on any atom is -0.494 e. The molecule has 0 aliphatic carbocycles. The lowest BCUT2D eigenvalue weighted by Crippen LogP contribution is -2.44. The summed E-state index contributed by atoms with van der Waals surface area (Å²) in [5, 5.41) is 3.22. The first-order chi connectivity index (χ1) is 13.2. The molecule has 1 N–H and O–H groups in total. The molecule has 4 nitrogen and oxygen atoms in total. The molecule has 2 aromatic carbocycles. The third-order valence-corrected chi connectivity index (χ3v) is 5.38. The number of fused-ring (bicyclic) bond motifs is 1. The average molecular weight is 367 g/mol. The van der Waals surface area contributed by atoms with Crippen molar-refractivity contribution in [2.45, 2.75) is 57.6 Å². The molecule has 27 heavy (non-hydrogen) atoms. The lowest BCUT2D eigenvalue weighted by atomic mass is 9.83. The van der Waals surface area contributed by atoms with Gasteiger partial charge in [-0.1, -0.05) is 50.2 Å². The highest BCUT2D eigenvalue weighted by Crippen LogP contribution is 2.42. The molecule has 4 heteroatoms. The normalized spacial score (nSPS) is 17.5. The quantitative estimate of drug-likeness (QED) is 0.665. The summed E-state index contributed by atoms with van der Waals surface area (Å²) in [6, 6.07) is 17.7. The minimum atomic E-state index is -0.206. The predicted molar refractivity (Wildman–Crippen MR) is 107 cm³/mol. The summed E-state index contributed by atoms with van der Waals surface area (Å²) >= 11 is 0. The van der Waals surface area contributed by atoms with Gasteiger partial charge < -0.3 is 14.8 Å². The summed E-state index contributed by atoms with van der Waals surface area (Å²) in [7, 11) is 0. The largest absolute Gasteiger partial charge is 0.494 e. The van der Waals surface area contributed by atoms with Gasteiger partial charge in [-0.3, -0.25) is 4.79 Å². The summed E-state index contributed by atoms with van der Waals surface area (Å²) in [5.41, 5.74) is 0.867. The molecule has 0 saturated carbocycles. The number of ether oxygens (including phenoxy) is 2. The highest BCUT2D eigenvalue weighted by atomic mass is 16.5. The molecule has 0 spiro atoms. The van der Waals surface area contributed by atoms with E-state index in [0.29, 0.717) is 19.4 Å². The summed E-state index contributed by atoms with van der Waals surface area (Å²) in [5.74, 6) is 1.80. The molecule has 1 heterocycles. The Balaban J connectivity index is 1.56. The zero-order valence-electron chi connectivity index (χ0n) is 16.2. The molecular formula is C23H29NO3. The van der Waals surface area contributed by atoms with E-state index < -0.39 is 0 Å². The van der Waals surface area contributed by atoms with Crippen LogP contribution in [-0.2, 0) is 4.79 Å². The molecule has 1 atom stereocenters. The van der Waals surface area contributed by atoms with E-state index in [1.165, 1.54) is 0 Å². The van der Waals surface area contributed by atoms with E-state index >= 15 is 0 Å². The van der Waals surface area contributed by atoms with Gasteiger partial charge >= 0.3 is 0 Å². The van der Waals surface area contributed by atoms with Gasteiger partial charge in [-0.25, -0.2) is 0 Å². The maximum atomic E-state index is 12.5. The van der Waals surface area contributed by atoms with Gasteiger partial charge in [0.15, 0.2) is 0 Å². The summed E-state index contributed by atoms with van der Waals surface area (Å²) in [4.78, 5) is 12.5. The standard InChI is InChI=1S/C23H29NO3/c1-3-23(4-2)17-20(19-13-8-9-14-21(19)27-23)24-22(25)15-10-16-26-18-11-6-5-7-12-18/h5-9,11-14,20H,3-4,10,15-17H2,1-2H3,(H,24,25)/t20-/m0/s1. The molecule has 0 saturated heterocycles. The third kappa shape index (κ3) is 4.82. The molecule has 144 valence electrons. The van der Waals surface area contributed by atoms with Crippen LogP contribution in [0.5, 0.6) is 11.5 Å². The smallest absolute Gasteiger partial charge is 0.220 e. The second kappa shape index (κ2) is 8.94. The Labute approximate surface area is 161 Å². The van der Waals surface area contributed by atoms with Crippen molar-refractivity contribution in [2.24, 2.45) is 0 Å². The number of nitrogens with one attached hydrogen (secondary N) is 1. The Morgan fingerprint density at radius 2 is 1.81 bits per heavy atom. The van der Waals surface area contributed by atoms with Crippen molar-refractivity contribution >= 4 is 5.91 Å². The molecule has 2 aromatic rings. The van der Waals surface area contributed by atoms with Gasteiger partial charge in [0.2, 0.25) is 5.91 Å². The van der Waals surface area contributed by atoms with Gasteiger partial charge in [-0.05, 0) is 37.5 Å². The first kappa shape index (κ1) is 19.3. The van der Waals surface area contributed by atoms with Crippen LogP contribution in [-0.4, -0.2) is 18.1 Å². The van der Waals surface area contributed by atoms with Crippen LogP contribution >= 0.6 is 0 Å². The fraction of sp³-hybridized carbons (Fsp3) is 0.435. The molecule has 1 aliphatic heterocycles. The van der Waals surface area contributed by atoms with E-state index in [1.807, 2.05) is 54.6 Å². The van der Waals surface area contributed by atoms with Gasteiger partial charge in [0.05, 0.1) is 12.6 Å². The van der Waals surface area contributed by atoms with Crippen molar-refractivity contribution in [3.63, 3.8) is 0 Å². The Bertz CT molecular complexity index is 740. The first-order valence-electron chi connectivity index (χ1n) is 9.91. The SMILES string of the molecule is CCC1(CC)C[C@H](NC(=O)CCCOc2ccccc2)c2ccccc2O1. The number of carbonyl (C=O) groups is 1. The topological polar surface area (TPSA) is 47.6 Å². The minimum absolute atomic E-state index is 0.00242. The van der Waals surface area contributed by atoms with Crippen molar-refractivity contribution in [1.29, 1.82) is 0 Å². The zero-order chi connectivity index (χ0) is 19.1. The Morgan fingerprint density at radius 3 is 2.56 bits per heavy atom. The van der Waals surface area contributed by atoms with Crippen LogP contribution in [0.15, 0.2) is 54.6 Å². The van der Waals surface area contributed by atoms with Gasteiger partial charge in [0, 0.05) is 18.4 Å². The monoisotopic (exact) mass is 367 g/mol. The van der Waals surface area contributed by atoms with E-state index in [2.05, 4.69) is 19.2 Å². The molecule has 0 unspecified atom stereocenters. The number of hydrogen-bond donors (Lipinski definition) is 1. The van der Waals surface area contributed by atoms with Crippen LogP contribution in [0.1, 0.15) is 57.6 Å². The van der Waals surface area contributed by atoms with Crippen molar-refractivity contribution in [1.82, 2.24) is 5.32 Å². The average Bonchev–Trinajstić information content (AvgIpc) is 2.72. The molecule has 0 radical (unpaired) electrons. The van der Waals surface area contributed by atoms with Gasteiger partial charge in [-0.2, -0.15) is 0 Å². The predicted octanol–water partition coefficient (Wildman–Crippen LogP) is 5.04. The van der Waals surface area contributed by atoms with E-state index in [0.717, 1.165) is 36.3 Å². The molecule has 0 fully saturated rings. The highest BCUT2D eigenvalue weighted by molar-refractivity contribution is 5.76. The lowest BCUT2D eigenvalue weighted by molar-refractivity contribution is -0.122. The Kier molecular flexibility index (Phi) is 6.38. The second-order valence-corrected chi connectivity index (χ2v) is 7.12. The number of para-hydroxylation sites is 2. The van der Waals surface area contributed by atoms with E-state index in [9.17, 15) is 4.79 Å². The summed E-state index contributed by atoms with van der Waals surface area (Å²) < 4.78 is 12.0. The lowest BCUT2D eigenvalue weighted by Gasteiger charge is -2.41. The van der Waals surface area contributed by atoms with Crippen LogP contribution in [0.4, 0.5) is 0 Å². The molecule has 3 rings (SSSR count). The van der Waals surface area contributed by atoms with E-state index in [-0.39, 0.29) is 17.6 Å². The molecule has 0 bridgehead atoms. The van der Waals surface area contributed by atoms with Crippen LogP contribution in [0.25, 0.3) is 0 Å². The maximum absolute atomic E-state index is 12.5. The van der Waals surface area contributed by atoms with Crippen molar-refractivity contribution < 1.29 is 14.3 Å².